The van der Waals surface area contributed by atoms with E-state index in [4.69, 9.17) is 13.9 Å². The molecule has 0 bridgehead atoms. The highest BCUT2D eigenvalue weighted by atomic mass is 16.5. The van der Waals surface area contributed by atoms with E-state index in [1.54, 1.807) is 32.4 Å². The number of benzene rings is 1. The van der Waals surface area contributed by atoms with E-state index in [2.05, 4.69) is 15.6 Å². The molecular weight excluding hydrogens is 274 g/mol. The Hall–Kier alpha value is -2.54. The Morgan fingerprint density at radius 3 is 2.71 bits per heavy atom. The zero-order chi connectivity index (χ0) is 15.2. The molecule has 0 unspecified atom stereocenters. The molecule has 0 spiro atoms. The minimum atomic E-state index is -0.353. The molecular formula is C14H17N3O4. The number of carbonyl (C=O) groups excluding carboxylic acids is 1. The molecule has 2 rings (SSSR count). The van der Waals surface area contributed by atoms with Gasteiger partial charge in [-0.25, -0.2) is 4.98 Å². The fourth-order valence-electron chi connectivity index (χ4n) is 1.76. The van der Waals surface area contributed by atoms with Gasteiger partial charge in [-0.15, -0.1) is 0 Å². The number of oxazole rings is 1. The Morgan fingerprint density at radius 1 is 1.29 bits per heavy atom. The third-order valence-corrected chi connectivity index (χ3v) is 2.75. The van der Waals surface area contributed by atoms with Crippen LogP contribution >= 0.6 is 0 Å². The van der Waals surface area contributed by atoms with E-state index in [1.165, 1.54) is 13.4 Å². The number of ether oxygens (including phenoxy) is 2. The molecule has 0 aliphatic heterocycles. The SMILES string of the molecule is CNCc1nc(C(=O)Nc2ccc(OC)c(OC)c2)co1. The molecule has 112 valence electrons. The second-order valence-electron chi connectivity index (χ2n) is 4.18. The maximum absolute atomic E-state index is 12.1. The molecule has 0 aliphatic carbocycles. The van der Waals surface area contributed by atoms with Crippen LogP contribution in [0.5, 0.6) is 11.5 Å². The molecule has 1 amide bonds. The van der Waals surface area contributed by atoms with Gasteiger partial charge in [0.2, 0.25) is 5.89 Å². The van der Waals surface area contributed by atoms with Gasteiger partial charge in [-0.05, 0) is 19.2 Å². The fourth-order valence-corrected chi connectivity index (χ4v) is 1.76. The zero-order valence-electron chi connectivity index (χ0n) is 12.1. The summed E-state index contributed by atoms with van der Waals surface area (Å²) in [4.78, 5) is 16.1. The number of anilines is 1. The van der Waals surface area contributed by atoms with E-state index >= 15 is 0 Å². The van der Waals surface area contributed by atoms with Gasteiger partial charge in [0.25, 0.3) is 5.91 Å². The molecule has 0 atom stereocenters. The lowest BCUT2D eigenvalue weighted by Crippen LogP contribution is -2.13. The van der Waals surface area contributed by atoms with Gasteiger partial charge < -0.3 is 24.5 Å². The second kappa shape index (κ2) is 6.76. The standard InChI is InChI=1S/C14H17N3O4/c1-15-7-13-17-10(8-21-13)14(18)16-9-4-5-11(19-2)12(6-9)20-3/h4-6,8,15H,7H2,1-3H3,(H,16,18). The number of carbonyl (C=O) groups is 1. The first kappa shape index (κ1) is 14.9. The maximum atomic E-state index is 12.1. The number of amides is 1. The van der Waals surface area contributed by atoms with E-state index in [-0.39, 0.29) is 11.6 Å². The molecule has 1 aromatic carbocycles. The number of nitrogens with one attached hydrogen (secondary N) is 2. The highest BCUT2D eigenvalue weighted by Crippen LogP contribution is 2.29. The van der Waals surface area contributed by atoms with Crippen molar-refractivity contribution in [1.29, 1.82) is 0 Å². The molecule has 2 aromatic rings. The van der Waals surface area contributed by atoms with Crippen LogP contribution in [0.25, 0.3) is 0 Å². The molecule has 0 saturated carbocycles. The number of hydrogen-bond donors (Lipinski definition) is 2. The van der Waals surface area contributed by atoms with Crippen molar-refractivity contribution in [3.63, 3.8) is 0 Å². The van der Waals surface area contributed by atoms with E-state index < -0.39 is 0 Å². The van der Waals surface area contributed by atoms with Crippen LogP contribution in [0.2, 0.25) is 0 Å². The average Bonchev–Trinajstić information content (AvgIpc) is 2.96. The molecule has 7 heteroatoms. The minimum absolute atomic E-state index is 0.218. The highest BCUT2D eigenvalue weighted by molar-refractivity contribution is 6.02. The first-order chi connectivity index (χ1) is 10.2. The lowest BCUT2D eigenvalue weighted by atomic mass is 10.2. The third kappa shape index (κ3) is 3.51. The van der Waals surface area contributed by atoms with Crippen LogP contribution < -0.4 is 20.1 Å². The average molecular weight is 291 g/mol. The highest BCUT2D eigenvalue weighted by Gasteiger charge is 2.13. The first-order valence-corrected chi connectivity index (χ1v) is 6.30. The van der Waals surface area contributed by atoms with Crippen LogP contribution in [0.3, 0.4) is 0 Å². The number of methoxy groups -OCH3 is 2. The van der Waals surface area contributed by atoms with Crippen LogP contribution in [0, 0.1) is 0 Å². The van der Waals surface area contributed by atoms with Crippen molar-refractivity contribution < 1.29 is 18.7 Å². The summed E-state index contributed by atoms with van der Waals surface area (Å²) in [5.74, 6) is 1.22. The van der Waals surface area contributed by atoms with Crippen molar-refractivity contribution >= 4 is 11.6 Å². The van der Waals surface area contributed by atoms with Gasteiger partial charge in [0.1, 0.15) is 6.26 Å². The van der Waals surface area contributed by atoms with Crippen molar-refractivity contribution in [2.75, 3.05) is 26.6 Å². The van der Waals surface area contributed by atoms with E-state index in [0.29, 0.717) is 29.6 Å². The van der Waals surface area contributed by atoms with Crippen LogP contribution in [0.1, 0.15) is 16.4 Å². The van der Waals surface area contributed by atoms with E-state index in [1.807, 2.05) is 0 Å². The number of rotatable bonds is 6. The molecule has 0 saturated heterocycles. The number of nitrogens with zero attached hydrogens (tertiary/aromatic N) is 1. The monoisotopic (exact) mass is 291 g/mol. The molecule has 2 N–H and O–H groups in total. The Bertz CT molecular complexity index is 624. The number of aromatic nitrogens is 1. The van der Waals surface area contributed by atoms with Crippen molar-refractivity contribution in [1.82, 2.24) is 10.3 Å². The summed E-state index contributed by atoms with van der Waals surface area (Å²) in [6.45, 7) is 0.462. The number of hydrogen-bond acceptors (Lipinski definition) is 6. The van der Waals surface area contributed by atoms with Gasteiger partial charge in [0.05, 0.1) is 20.8 Å². The van der Waals surface area contributed by atoms with Crippen molar-refractivity contribution in [2.24, 2.45) is 0 Å². The van der Waals surface area contributed by atoms with Crippen molar-refractivity contribution in [3.8, 4) is 11.5 Å². The van der Waals surface area contributed by atoms with Crippen LogP contribution in [0.4, 0.5) is 5.69 Å². The van der Waals surface area contributed by atoms with Gasteiger partial charge in [-0.3, -0.25) is 4.79 Å². The van der Waals surface area contributed by atoms with Crippen LogP contribution in [-0.4, -0.2) is 32.2 Å². The topological polar surface area (TPSA) is 85.6 Å². The summed E-state index contributed by atoms with van der Waals surface area (Å²) >= 11 is 0. The summed E-state index contributed by atoms with van der Waals surface area (Å²) in [5.41, 5.74) is 0.797. The lowest BCUT2D eigenvalue weighted by molar-refractivity contribution is 0.102. The van der Waals surface area contributed by atoms with Gasteiger partial charge in [-0.1, -0.05) is 0 Å². The van der Waals surface area contributed by atoms with Crippen LogP contribution in [-0.2, 0) is 6.54 Å². The summed E-state index contributed by atoms with van der Waals surface area (Å²) in [6, 6.07) is 5.10. The Morgan fingerprint density at radius 2 is 2.05 bits per heavy atom. The zero-order valence-corrected chi connectivity index (χ0v) is 12.1. The Labute approximate surface area is 122 Å². The van der Waals surface area contributed by atoms with Gasteiger partial charge in [0.15, 0.2) is 17.2 Å². The normalized spacial score (nSPS) is 10.2. The first-order valence-electron chi connectivity index (χ1n) is 6.30. The van der Waals surface area contributed by atoms with Crippen molar-refractivity contribution in [3.05, 3.63) is 36.0 Å². The Kier molecular flexibility index (Phi) is 4.78. The van der Waals surface area contributed by atoms with Crippen molar-refractivity contribution in [2.45, 2.75) is 6.54 Å². The molecule has 0 fully saturated rings. The van der Waals surface area contributed by atoms with E-state index in [0.717, 1.165) is 0 Å². The minimum Gasteiger partial charge on any atom is -0.493 e. The predicted molar refractivity (Wildman–Crippen MR) is 76.8 cm³/mol. The second-order valence-corrected chi connectivity index (χ2v) is 4.18. The Balaban J connectivity index is 2.11. The summed E-state index contributed by atoms with van der Waals surface area (Å²) < 4.78 is 15.5. The van der Waals surface area contributed by atoms with Gasteiger partial charge in [-0.2, -0.15) is 0 Å². The fraction of sp³-hybridized carbons (Fsp3) is 0.286. The molecule has 7 nitrogen and oxygen atoms in total. The molecule has 0 radical (unpaired) electrons. The smallest absolute Gasteiger partial charge is 0.277 e. The summed E-state index contributed by atoms with van der Waals surface area (Å²) in [7, 11) is 4.85. The maximum Gasteiger partial charge on any atom is 0.277 e. The molecule has 1 aromatic heterocycles. The molecule has 21 heavy (non-hydrogen) atoms. The quantitative estimate of drug-likeness (QED) is 0.842. The predicted octanol–water partition coefficient (Wildman–Crippen LogP) is 1.66. The van der Waals surface area contributed by atoms with Gasteiger partial charge in [0, 0.05) is 11.8 Å². The lowest BCUT2D eigenvalue weighted by Gasteiger charge is -2.09. The summed E-state index contributed by atoms with van der Waals surface area (Å²) in [6.07, 6.45) is 1.32. The molecule has 1 heterocycles. The van der Waals surface area contributed by atoms with Crippen LogP contribution in [0.15, 0.2) is 28.9 Å². The largest absolute Gasteiger partial charge is 0.493 e. The van der Waals surface area contributed by atoms with E-state index in [9.17, 15) is 4.79 Å². The van der Waals surface area contributed by atoms with Gasteiger partial charge >= 0.3 is 0 Å². The third-order valence-electron chi connectivity index (χ3n) is 2.75. The molecule has 0 aliphatic rings. The summed E-state index contributed by atoms with van der Waals surface area (Å²) in [5, 5.41) is 5.62.